The molecule has 0 aliphatic rings. The minimum Gasteiger partial charge on any atom is -0.309 e. The fraction of sp³-hybridized carbons (Fsp3) is 0. The van der Waals surface area contributed by atoms with Crippen molar-refractivity contribution in [1.29, 1.82) is 0 Å². The van der Waals surface area contributed by atoms with Gasteiger partial charge in [-0.2, -0.15) is 0 Å². The van der Waals surface area contributed by atoms with Gasteiger partial charge >= 0.3 is 0 Å². The van der Waals surface area contributed by atoms with Crippen LogP contribution in [0.25, 0.3) is 94.3 Å². The molecule has 0 atom stereocenters. The van der Waals surface area contributed by atoms with Gasteiger partial charge in [0, 0.05) is 33.2 Å². The average molecular weight is 659 g/mol. The molecule has 2 heterocycles. The monoisotopic (exact) mass is 658 g/mol. The van der Waals surface area contributed by atoms with E-state index in [1.54, 1.807) is 6.07 Å². The number of hydrogen-bond acceptors (Lipinski definition) is 3. The zero-order valence-electron chi connectivity index (χ0n) is 35.0. The molecule has 0 saturated heterocycles. The number of fused-ring (bicyclic) bond motifs is 6. The number of para-hydroxylation sites is 2. The third-order valence-electron chi connectivity index (χ3n) is 9.25. The summed E-state index contributed by atoms with van der Waals surface area (Å²) in [5.41, 5.74) is 4.08. The molecule has 8 aromatic carbocycles. The summed E-state index contributed by atoms with van der Waals surface area (Å²) < 4.78 is 72.4. The molecule has 0 amide bonds. The summed E-state index contributed by atoms with van der Waals surface area (Å²) >= 11 is 0. The second-order valence-corrected chi connectivity index (χ2v) is 12.3. The molecule has 0 saturated carbocycles. The minimum atomic E-state index is -0.501. The second kappa shape index (κ2) is 11.9. The van der Waals surface area contributed by atoms with Crippen LogP contribution < -0.4 is 0 Å². The molecular formula is C47H30N4. The SMILES string of the molecule is [2H]c1c([2H])c([2H])c2c(c1[2H])c1c([2H])c([2H])c([2H])c([2H])c1n2-c1cc(-c2ccc3ccc4ccccc4c3c2)cc(-c2nc(-c3ccccc3)nc(-c3ccccc3)n2)c1. The number of hydrogen-bond donors (Lipinski definition) is 0. The van der Waals surface area contributed by atoms with Crippen LogP contribution in [0.15, 0.2) is 182 Å². The molecule has 0 aliphatic heterocycles. The van der Waals surface area contributed by atoms with Crippen LogP contribution in [0.4, 0.5) is 0 Å². The van der Waals surface area contributed by atoms with Crippen LogP contribution in [0.3, 0.4) is 0 Å². The first-order valence-electron chi connectivity index (χ1n) is 20.5. The van der Waals surface area contributed by atoms with Crippen molar-refractivity contribution < 1.29 is 11.0 Å². The molecule has 0 fully saturated rings. The van der Waals surface area contributed by atoms with Crippen molar-refractivity contribution >= 4 is 43.4 Å². The van der Waals surface area contributed by atoms with Gasteiger partial charge in [-0.15, -0.1) is 0 Å². The highest BCUT2D eigenvalue weighted by Gasteiger charge is 2.18. The molecule has 0 aliphatic carbocycles. The number of nitrogens with zero attached hydrogens (tertiary/aromatic N) is 4. The van der Waals surface area contributed by atoms with E-state index in [-0.39, 0.29) is 33.9 Å². The second-order valence-electron chi connectivity index (χ2n) is 12.3. The normalized spacial score (nSPS) is 13.7. The third-order valence-corrected chi connectivity index (χ3v) is 9.25. The summed E-state index contributed by atoms with van der Waals surface area (Å²) in [6.45, 7) is 0. The summed E-state index contributed by atoms with van der Waals surface area (Å²) in [6.07, 6.45) is 0. The van der Waals surface area contributed by atoms with Crippen LogP contribution in [0.5, 0.6) is 0 Å². The number of rotatable bonds is 5. The number of benzene rings is 8. The molecule has 4 nitrogen and oxygen atoms in total. The average Bonchev–Trinajstić information content (AvgIpc) is 3.65. The van der Waals surface area contributed by atoms with Crippen molar-refractivity contribution in [3.05, 3.63) is 182 Å². The molecule has 2 aromatic heterocycles. The van der Waals surface area contributed by atoms with Crippen molar-refractivity contribution in [2.75, 3.05) is 0 Å². The Balaban J connectivity index is 1.34. The molecule has 0 unspecified atom stereocenters. The first kappa shape index (κ1) is 21.9. The molecule has 10 rings (SSSR count). The Labute approximate surface area is 306 Å². The van der Waals surface area contributed by atoms with E-state index in [1.165, 1.54) is 4.57 Å². The maximum atomic E-state index is 9.19. The van der Waals surface area contributed by atoms with E-state index in [0.29, 0.717) is 34.3 Å². The fourth-order valence-corrected chi connectivity index (χ4v) is 6.83. The molecule has 0 N–H and O–H groups in total. The van der Waals surface area contributed by atoms with Gasteiger partial charge < -0.3 is 4.57 Å². The highest BCUT2D eigenvalue weighted by Crippen LogP contribution is 2.37. The Morgan fingerprint density at radius 1 is 0.373 bits per heavy atom. The van der Waals surface area contributed by atoms with Gasteiger partial charge in [0.05, 0.1) is 22.0 Å². The molecular weight excluding hydrogens is 621 g/mol. The van der Waals surface area contributed by atoms with Crippen LogP contribution >= 0.6 is 0 Å². The Bertz CT molecular complexity index is 3230. The summed E-state index contributed by atoms with van der Waals surface area (Å²) in [4.78, 5) is 14.9. The lowest BCUT2D eigenvalue weighted by Gasteiger charge is -2.15. The van der Waals surface area contributed by atoms with Gasteiger partial charge in [-0.1, -0.05) is 145 Å². The van der Waals surface area contributed by atoms with E-state index in [9.17, 15) is 2.74 Å². The van der Waals surface area contributed by atoms with E-state index < -0.39 is 36.3 Å². The van der Waals surface area contributed by atoms with Gasteiger partial charge in [-0.05, 0) is 69.0 Å². The van der Waals surface area contributed by atoms with Gasteiger partial charge in [-0.25, -0.2) is 15.0 Å². The van der Waals surface area contributed by atoms with Crippen LogP contribution in [0, 0.1) is 0 Å². The fourth-order valence-electron chi connectivity index (χ4n) is 6.83. The van der Waals surface area contributed by atoms with Gasteiger partial charge in [-0.3, -0.25) is 0 Å². The lowest BCUT2D eigenvalue weighted by Crippen LogP contribution is -2.01. The molecule has 10 aromatic rings. The zero-order chi connectivity index (χ0) is 40.7. The van der Waals surface area contributed by atoms with Gasteiger partial charge in [0.15, 0.2) is 17.5 Å². The summed E-state index contributed by atoms with van der Waals surface area (Å²) in [5, 5.41) is 4.25. The van der Waals surface area contributed by atoms with E-state index in [1.807, 2.05) is 91.0 Å². The Kier molecular flexibility index (Phi) is 5.12. The van der Waals surface area contributed by atoms with E-state index in [2.05, 4.69) is 36.4 Å². The van der Waals surface area contributed by atoms with E-state index in [4.69, 9.17) is 23.2 Å². The Morgan fingerprint density at radius 3 is 1.53 bits per heavy atom. The van der Waals surface area contributed by atoms with Crippen LogP contribution in [-0.2, 0) is 0 Å². The van der Waals surface area contributed by atoms with Crippen LogP contribution in [0.1, 0.15) is 11.0 Å². The maximum Gasteiger partial charge on any atom is 0.164 e. The molecule has 0 spiro atoms. The van der Waals surface area contributed by atoms with Crippen molar-refractivity contribution in [2.24, 2.45) is 0 Å². The summed E-state index contributed by atoms with van der Waals surface area (Å²) in [6, 6.07) is 39.8. The molecule has 0 bridgehead atoms. The molecule has 51 heavy (non-hydrogen) atoms. The molecule has 4 heteroatoms. The number of aromatic nitrogens is 4. The topological polar surface area (TPSA) is 43.6 Å². The quantitative estimate of drug-likeness (QED) is 0.173. The first-order chi connectivity index (χ1) is 28.6. The highest BCUT2D eigenvalue weighted by atomic mass is 15.0. The minimum absolute atomic E-state index is 0.0000156. The predicted molar refractivity (Wildman–Crippen MR) is 211 cm³/mol. The van der Waals surface area contributed by atoms with E-state index >= 15 is 0 Å². The van der Waals surface area contributed by atoms with Gasteiger partial charge in [0.2, 0.25) is 0 Å². The Morgan fingerprint density at radius 2 is 0.882 bits per heavy atom. The van der Waals surface area contributed by atoms with Crippen LogP contribution in [-0.4, -0.2) is 19.5 Å². The summed E-state index contributed by atoms with van der Waals surface area (Å²) in [5.74, 6) is 1.22. The molecule has 0 radical (unpaired) electrons. The zero-order valence-corrected chi connectivity index (χ0v) is 27.0. The smallest absolute Gasteiger partial charge is 0.164 e. The molecule has 238 valence electrons. The third kappa shape index (κ3) is 5.04. The largest absolute Gasteiger partial charge is 0.309 e. The van der Waals surface area contributed by atoms with Crippen molar-refractivity contribution in [3.8, 4) is 51.0 Å². The van der Waals surface area contributed by atoms with Gasteiger partial charge in [0.1, 0.15) is 0 Å². The predicted octanol–water partition coefficient (Wildman–Crippen LogP) is 11.9. The maximum absolute atomic E-state index is 9.19. The summed E-state index contributed by atoms with van der Waals surface area (Å²) in [7, 11) is 0. The van der Waals surface area contributed by atoms with Crippen molar-refractivity contribution in [3.63, 3.8) is 0 Å². The van der Waals surface area contributed by atoms with Crippen molar-refractivity contribution in [2.45, 2.75) is 0 Å². The van der Waals surface area contributed by atoms with Crippen LogP contribution in [0.2, 0.25) is 0 Å². The lowest BCUT2D eigenvalue weighted by atomic mass is 9.96. The highest BCUT2D eigenvalue weighted by molar-refractivity contribution is 6.10. The van der Waals surface area contributed by atoms with E-state index in [0.717, 1.165) is 38.2 Å². The Hall–Kier alpha value is -6.91. The van der Waals surface area contributed by atoms with Crippen molar-refractivity contribution in [1.82, 2.24) is 19.5 Å². The lowest BCUT2D eigenvalue weighted by molar-refractivity contribution is 1.07. The standard InChI is InChI=1S/C47H30N4/c1-3-14-33(15-4-1)45-48-46(34-16-5-2-6-17-34)50-47(49-45)37-27-36(35-26-25-32-24-23-31-13-7-8-18-39(31)42(32)30-35)28-38(29-37)51-43-21-11-9-19-40(43)41-20-10-12-22-44(41)51/h1-30H/i9D,10D,11D,12D,19D,20D,21D,22D. The first-order valence-corrected chi connectivity index (χ1v) is 16.5. The van der Waals surface area contributed by atoms with Gasteiger partial charge in [0.25, 0.3) is 0 Å².